The largest absolute Gasteiger partial charge is 0.479 e. The number of aryl methyl sites for hydroxylation is 2. The molecule has 0 aliphatic carbocycles. The van der Waals surface area contributed by atoms with Crippen LogP contribution in [0.15, 0.2) is 41.5 Å². The van der Waals surface area contributed by atoms with Crippen LogP contribution in [0, 0.1) is 6.92 Å². The van der Waals surface area contributed by atoms with Gasteiger partial charge in [-0.3, -0.25) is 9.69 Å². The third-order valence-corrected chi connectivity index (χ3v) is 6.62. The van der Waals surface area contributed by atoms with Crippen molar-refractivity contribution in [2.45, 2.75) is 46.1 Å². The molecule has 12 heteroatoms. The number of rotatable bonds is 9. The number of hydrazone groups is 1. The van der Waals surface area contributed by atoms with Crippen LogP contribution in [0.3, 0.4) is 0 Å². The van der Waals surface area contributed by atoms with Gasteiger partial charge >= 0.3 is 11.9 Å². The molecule has 0 fully saturated rings. The number of carbonyl (C=O) groups is 3. The normalized spacial score (nSPS) is 16.4. The molecule has 1 aliphatic rings. The van der Waals surface area contributed by atoms with E-state index in [9.17, 15) is 19.5 Å². The quantitative estimate of drug-likeness (QED) is 0.289. The number of carbonyl (C=O) groups excluding carboxylic acids is 1. The Morgan fingerprint density at radius 2 is 1.84 bits per heavy atom. The van der Waals surface area contributed by atoms with E-state index in [-0.39, 0.29) is 41.4 Å². The minimum Gasteiger partial charge on any atom is -0.479 e. The zero-order valence-electron chi connectivity index (χ0n) is 21.5. The number of amides is 1. The van der Waals surface area contributed by atoms with E-state index >= 15 is 0 Å². The molecule has 38 heavy (non-hydrogen) atoms. The second-order valence-corrected chi connectivity index (χ2v) is 9.64. The number of anilines is 2. The highest BCUT2D eigenvalue weighted by atomic mass is 35.5. The van der Waals surface area contributed by atoms with E-state index in [1.807, 2.05) is 32.0 Å². The molecule has 0 saturated heterocycles. The maximum Gasteiger partial charge on any atom is 0.352 e. The van der Waals surface area contributed by atoms with Crippen molar-refractivity contribution in [3.63, 3.8) is 0 Å². The average molecular weight is 587 g/mol. The van der Waals surface area contributed by atoms with Crippen molar-refractivity contribution in [3.8, 4) is 0 Å². The van der Waals surface area contributed by atoms with E-state index in [2.05, 4.69) is 12.0 Å². The Hall–Kier alpha value is -2.85. The summed E-state index contributed by atoms with van der Waals surface area (Å²) in [6.45, 7) is 8.18. The van der Waals surface area contributed by atoms with Gasteiger partial charge in [-0.05, 0) is 56.5 Å². The first-order valence-corrected chi connectivity index (χ1v) is 13.0. The predicted molar refractivity (Wildman–Crippen MR) is 150 cm³/mol. The van der Waals surface area contributed by atoms with Crippen LogP contribution in [0.5, 0.6) is 0 Å². The second kappa shape index (κ2) is 13.8. The fraction of sp³-hybridized carbons (Fsp3) is 0.385. The van der Waals surface area contributed by atoms with Crippen LogP contribution in [0.25, 0.3) is 0 Å². The van der Waals surface area contributed by atoms with Crippen molar-refractivity contribution in [1.29, 1.82) is 0 Å². The maximum atomic E-state index is 12.0. The smallest absolute Gasteiger partial charge is 0.352 e. The Morgan fingerprint density at radius 3 is 2.37 bits per heavy atom. The summed E-state index contributed by atoms with van der Waals surface area (Å²) < 4.78 is 5.37. The zero-order valence-corrected chi connectivity index (χ0v) is 23.8. The highest BCUT2D eigenvalue weighted by Gasteiger charge is 2.48. The van der Waals surface area contributed by atoms with Crippen LogP contribution < -0.4 is 9.91 Å². The van der Waals surface area contributed by atoms with E-state index in [1.54, 1.807) is 4.90 Å². The predicted octanol–water partition coefficient (Wildman–Crippen LogP) is 5.61. The van der Waals surface area contributed by atoms with Crippen molar-refractivity contribution < 1.29 is 29.3 Å². The first-order valence-electron chi connectivity index (χ1n) is 11.7. The number of halogens is 3. The molecular weight excluding hydrogens is 557 g/mol. The number of alkyl halides is 1. The van der Waals surface area contributed by atoms with E-state index in [4.69, 9.17) is 44.6 Å². The lowest BCUT2D eigenvalue weighted by Crippen LogP contribution is -2.47. The molecule has 1 aliphatic heterocycles. The third kappa shape index (κ3) is 7.17. The van der Waals surface area contributed by atoms with Gasteiger partial charge in [0.05, 0.1) is 16.4 Å². The number of hydrogen-bond acceptors (Lipinski definition) is 6. The molecule has 0 aromatic heterocycles. The van der Waals surface area contributed by atoms with Gasteiger partial charge in [-0.1, -0.05) is 48.3 Å². The van der Waals surface area contributed by atoms with Gasteiger partial charge in [0.1, 0.15) is 18.3 Å². The van der Waals surface area contributed by atoms with Crippen molar-refractivity contribution in [1.82, 2.24) is 0 Å². The molecule has 9 nitrogen and oxygen atoms in total. The third-order valence-electron chi connectivity index (χ3n) is 5.86. The molecule has 1 atom stereocenters. The first kappa shape index (κ1) is 31.4. The number of aliphatic carboxylic acids is 2. The molecule has 2 aromatic carbocycles. The summed E-state index contributed by atoms with van der Waals surface area (Å²) in [5.74, 6) is -2.62. The van der Waals surface area contributed by atoms with E-state index < -0.39 is 17.5 Å². The molecule has 206 valence electrons. The fourth-order valence-corrected chi connectivity index (χ4v) is 4.46. The number of benzene rings is 2. The molecule has 3 rings (SSSR count). The Bertz CT molecular complexity index is 1220. The summed E-state index contributed by atoms with van der Waals surface area (Å²) in [7, 11) is 0. The van der Waals surface area contributed by atoms with Gasteiger partial charge in [0.15, 0.2) is 5.54 Å². The highest BCUT2D eigenvalue weighted by molar-refractivity contribution is 6.38. The molecule has 0 saturated carbocycles. The zero-order chi connectivity index (χ0) is 28.6. The average Bonchev–Trinajstić information content (AvgIpc) is 3.24. The van der Waals surface area contributed by atoms with Crippen LogP contribution in [-0.2, 0) is 25.5 Å². The number of ether oxygens (including phenoxy) is 1. The minimum atomic E-state index is -1.51. The molecule has 1 amide bonds. The molecule has 0 spiro atoms. The lowest BCUT2D eigenvalue weighted by Gasteiger charge is -2.30. The number of para-hydroxylation sites is 1. The van der Waals surface area contributed by atoms with Gasteiger partial charge in [-0.2, -0.15) is 5.10 Å². The van der Waals surface area contributed by atoms with Crippen molar-refractivity contribution in [3.05, 3.63) is 57.6 Å². The van der Waals surface area contributed by atoms with Gasteiger partial charge in [-0.15, -0.1) is 11.6 Å². The maximum absolute atomic E-state index is 12.0. The van der Waals surface area contributed by atoms with Gasteiger partial charge in [0.2, 0.25) is 5.91 Å². The molecule has 0 bridgehead atoms. The molecule has 0 radical (unpaired) electrons. The van der Waals surface area contributed by atoms with Gasteiger partial charge < -0.3 is 14.9 Å². The molecule has 2 aromatic rings. The molecule has 1 heterocycles. The van der Waals surface area contributed by atoms with Crippen molar-refractivity contribution in [2.75, 3.05) is 29.1 Å². The van der Waals surface area contributed by atoms with Crippen LogP contribution >= 0.6 is 34.8 Å². The monoisotopic (exact) mass is 585 g/mol. The highest BCUT2D eigenvalue weighted by Crippen LogP contribution is 2.38. The Kier molecular flexibility index (Phi) is 11.4. The van der Waals surface area contributed by atoms with Crippen LogP contribution in [0.2, 0.25) is 10.0 Å². The van der Waals surface area contributed by atoms with E-state index in [1.165, 1.54) is 25.1 Å². The number of nitrogens with zero attached hydrogens (tertiary/aromatic N) is 3. The standard InChI is InChI=1S/C14H20ClNO2.C12H10Cl2N2O4/c1-4-12-8-6-7-11(3)14(12)16(10-18-5-2)13(17)9-15;1-12(11(19)20)5-8(10(17)18)15-16(12)9-3-2-6(13)4-7(9)14/h6-8H,4-5,9-10H2,1-3H3;2-4H,5H2,1H3,(H,17,18)(H,19,20). The van der Waals surface area contributed by atoms with Gasteiger partial charge in [0, 0.05) is 18.1 Å². The minimum absolute atomic E-state index is 0.0371. The summed E-state index contributed by atoms with van der Waals surface area (Å²) in [4.78, 5) is 36.1. The molecule has 1 unspecified atom stereocenters. The Labute approximate surface area is 236 Å². The van der Waals surface area contributed by atoms with E-state index in [0.717, 1.165) is 28.2 Å². The first-order chi connectivity index (χ1) is 17.9. The molecular formula is C26H30Cl3N3O6. The van der Waals surface area contributed by atoms with E-state index in [0.29, 0.717) is 11.6 Å². The van der Waals surface area contributed by atoms with Gasteiger partial charge in [0.25, 0.3) is 0 Å². The summed E-state index contributed by atoms with van der Waals surface area (Å²) >= 11 is 17.5. The summed E-state index contributed by atoms with van der Waals surface area (Å²) in [6.07, 6.45) is 0.645. The summed E-state index contributed by atoms with van der Waals surface area (Å²) in [5, 5.41) is 23.9. The SMILES string of the molecule is CC1(C(=O)O)CC(C(=O)O)=NN1c1ccc(Cl)cc1Cl.CCOCN(C(=O)CCl)c1c(C)cccc1CC. The molecule has 2 N–H and O–H groups in total. The van der Waals surface area contributed by atoms with Crippen LogP contribution in [0.1, 0.15) is 38.3 Å². The van der Waals surface area contributed by atoms with Gasteiger partial charge in [-0.25, -0.2) is 14.6 Å². The topological polar surface area (TPSA) is 120 Å². The number of hydrogen-bond donors (Lipinski definition) is 2. The van der Waals surface area contributed by atoms with Crippen LogP contribution in [0.4, 0.5) is 11.4 Å². The number of carboxylic acid groups (broad SMARTS) is 2. The van der Waals surface area contributed by atoms with Crippen molar-refractivity contribution >= 4 is 69.7 Å². The Morgan fingerprint density at radius 1 is 1.16 bits per heavy atom. The lowest BCUT2D eigenvalue weighted by molar-refractivity contribution is -0.142. The van der Waals surface area contributed by atoms with Crippen molar-refractivity contribution in [2.24, 2.45) is 5.10 Å². The summed E-state index contributed by atoms with van der Waals surface area (Å²) in [5.41, 5.74) is 1.67. The Balaban J connectivity index is 0.000000269. The summed E-state index contributed by atoms with van der Waals surface area (Å²) in [6, 6.07) is 10.5. The fourth-order valence-electron chi connectivity index (χ4n) is 3.83. The lowest BCUT2D eigenvalue weighted by atomic mass is 9.95. The second-order valence-electron chi connectivity index (χ2n) is 8.53. The van der Waals surface area contributed by atoms with Crippen LogP contribution in [-0.4, -0.2) is 58.5 Å². The number of carboxylic acids is 2.